The molecule has 2 nitrogen and oxygen atoms in total. The molecule has 17 heavy (non-hydrogen) atoms. The van der Waals surface area contributed by atoms with E-state index < -0.39 is 0 Å². The average molecular weight is 244 g/mol. The third-order valence-corrected chi connectivity index (χ3v) is 3.54. The molecule has 0 aromatic carbocycles. The molecule has 0 aromatic rings. The lowest BCUT2D eigenvalue weighted by atomic mass is 9.93. The van der Waals surface area contributed by atoms with Gasteiger partial charge in [-0.05, 0) is 32.1 Å². The van der Waals surface area contributed by atoms with Gasteiger partial charge in [-0.1, -0.05) is 40.5 Å². The molecular formula is C15H32O2. The van der Waals surface area contributed by atoms with Gasteiger partial charge in [-0.15, -0.1) is 0 Å². The first-order chi connectivity index (χ1) is 8.24. The monoisotopic (exact) mass is 244 g/mol. The van der Waals surface area contributed by atoms with Gasteiger partial charge in [0.05, 0.1) is 5.60 Å². The summed E-state index contributed by atoms with van der Waals surface area (Å²) in [6, 6.07) is 0. The molecule has 0 rings (SSSR count). The summed E-state index contributed by atoms with van der Waals surface area (Å²) < 4.78 is 11.8. The van der Waals surface area contributed by atoms with Crippen LogP contribution in [-0.2, 0) is 9.47 Å². The van der Waals surface area contributed by atoms with E-state index in [0.717, 1.165) is 39.1 Å². The Balaban J connectivity index is 3.85. The molecule has 0 fully saturated rings. The molecule has 0 aliphatic carbocycles. The molecule has 0 aromatic heterocycles. The molecule has 0 bridgehead atoms. The fourth-order valence-electron chi connectivity index (χ4n) is 1.92. The van der Waals surface area contributed by atoms with Gasteiger partial charge < -0.3 is 9.47 Å². The normalized spacial score (nSPS) is 12.0. The minimum absolute atomic E-state index is 0.0569. The number of hydrogen-bond acceptors (Lipinski definition) is 2. The predicted molar refractivity (Wildman–Crippen MR) is 74.5 cm³/mol. The Kier molecular flexibility index (Phi) is 11.0. The molecule has 0 aliphatic rings. The minimum Gasteiger partial charge on any atom is -0.381 e. The van der Waals surface area contributed by atoms with Gasteiger partial charge in [0.25, 0.3) is 0 Å². The molecule has 0 saturated heterocycles. The highest BCUT2D eigenvalue weighted by molar-refractivity contribution is 4.77. The van der Waals surface area contributed by atoms with Crippen LogP contribution in [0, 0.1) is 0 Å². The van der Waals surface area contributed by atoms with Crippen molar-refractivity contribution in [3.05, 3.63) is 0 Å². The minimum atomic E-state index is 0.0569. The lowest BCUT2D eigenvalue weighted by molar-refractivity contribution is -0.0723. The van der Waals surface area contributed by atoms with Crippen LogP contribution in [0.4, 0.5) is 0 Å². The van der Waals surface area contributed by atoms with Gasteiger partial charge in [-0.3, -0.25) is 0 Å². The van der Waals surface area contributed by atoms with Crippen LogP contribution in [0.3, 0.4) is 0 Å². The van der Waals surface area contributed by atoms with Crippen LogP contribution in [0.1, 0.15) is 72.6 Å². The van der Waals surface area contributed by atoms with Gasteiger partial charge in [-0.25, -0.2) is 0 Å². The first-order valence-electron chi connectivity index (χ1n) is 7.46. The summed E-state index contributed by atoms with van der Waals surface area (Å²) in [6.45, 7) is 11.5. The maximum absolute atomic E-state index is 6.10. The molecule has 0 unspecified atom stereocenters. The number of ether oxygens (including phenoxy) is 2. The highest BCUT2D eigenvalue weighted by atomic mass is 16.5. The van der Waals surface area contributed by atoms with Crippen LogP contribution in [0.15, 0.2) is 0 Å². The quantitative estimate of drug-likeness (QED) is 0.468. The number of rotatable bonds is 12. The Labute approximate surface area is 108 Å². The van der Waals surface area contributed by atoms with Crippen LogP contribution in [0.2, 0.25) is 0 Å². The van der Waals surface area contributed by atoms with Crippen molar-refractivity contribution in [3.63, 3.8) is 0 Å². The first kappa shape index (κ1) is 16.9. The molecular weight excluding hydrogens is 212 g/mol. The topological polar surface area (TPSA) is 18.5 Å². The zero-order chi connectivity index (χ0) is 13.0. The lowest BCUT2D eigenvalue weighted by Gasteiger charge is -2.32. The van der Waals surface area contributed by atoms with Crippen molar-refractivity contribution in [3.8, 4) is 0 Å². The van der Waals surface area contributed by atoms with Crippen molar-refractivity contribution < 1.29 is 9.47 Å². The number of unbranched alkanes of at least 4 members (excludes halogenated alkanes) is 2. The van der Waals surface area contributed by atoms with Crippen LogP contribution in [0.25, 0.3) is 0 Å². The summed E-state index contributed by atoms with van der Waals surface area (Å²) in [5.74, 6) is 0. The molecule has 0 aliphatic heterocycles. The number of hydrogen-bond donors (Lipinski definition) is 0. The van der Waals surface area contributed by atoms with Gasteiger partial charge in [0.2, 0.25) is 0 Å². The van der Waals surface area contributed by atoms with Crippen LogP contribution in [0.5, 0.6) is 0 Å². The maximum atomic E-state index is 6.10. The van der Waals surface area contributed by atoms with Gasteiger partial charge in [0, 0.05) is 19.8 Å². The van der Waals surface area contributed by atoms with Crippen molar-refractivity contribution in [2.75, 3.05) is 19.8 Å². The predicted octanol–water partition coefficient (Wildman–Crippen LogP) is 4.57. The van der Waals surface area contributed by atoms with E-state index in [-0.39, 0.29) is 5.60 Å². The van der Waals surface area contributed by atoms with Gasteiger partial charge in [0.1, 0.15) is 0 Å². The average Bonchev–Trinajstić information content (AvgIpc) is 2.37. The third kappa shape index (κ3) is 7.77. The van der Waals surface area contributed by atoms with Crippen molar-refractivity contribution in [1.29, 1.82) is 0 Å². The zero-order valence-electron chi connectivity index (χ0n) is 12.4. The summed E-state index contributed by atoms with van der Waals surface area (Å²) in [5, 5.41) is 0. The Hall–Kier alpha value is -0.0800. The third-order valence-electron chi connectivity index (χ3n) is 3.54. The molecule has 0 N–H and O–H groups in total. The summed E-state index contributed by atoms with van der Waals surface area (Å²) in [7, 11) is 0. The Morgan fingerprint density at radius 1 is 0.765 bits per heavy atom. The van der Waals surface area contributed by atoms with E-state index in [4.69, 9.17) is 9.47 Å². The molecule has 2 heteroatoms. The van der Waals surface area contributed by atoms with E-state index in [1.165, 1.54) is 25.7 Å². The van der Waals surface area contributed by atoms with Crippen LogP contribution < -0.4 is 0 Å². The van der Waals surface area contributed by atoms with Crippen LogP contribution >= 0.6 is 0 Å². The largest absolute Gasteiger partial charge is 0.381 e. The zero-order valence-corrected chi connectivity index (χ0v) is 12.4. The van der Waals surface area contributed by atoms with E-state index in [2.05, 4.69) is 27.7 Å². The Morgan fingerprint density at radius 2 is 1.35 bits per heavy atom. The van der Waals surface area contributed by atoms with Crippen molar-refractivity contribution in [2.45, 2.75) is 78.2 Å². The molecule has 0 saturated carbocycles. The second-order valence-corrected chi connectivity index (χ2v) is 4.81. The van der Waals surface area contributed by atoms with E-state index in [1.54, 1.807) is 0 Å². The fraction of sp³-hybridized carbons (Fsp3) is 1.00. The van der Waals surface area contributed by atoms with Crippen molar-refractivity contribution in [1.82, 2.24) is 0 Å². The van der Waals surface area contributed by atoms with Crippen molar-refractivity contribution in [2.24, 2.45) is 0 Å². The standard InChI is InChI=1S/C15H32O2/c1-5-9-12-16-14-11-15(7-3,8-4)17-13-10-6-2/h5-14H2,1-4H3. The molecule has 0 radical (unpaired) electrons. The molecule has 104 valence electrons. The second kappa shape index (κ2) is 11.0. The smallest absolute Gasteiger partial charge is 0.0699 e. The first-order valence-corrected chi connectivity index (χ1v) is 7.46. The maximum Gasteiger partial charge on any atom is 0.0699 e. The Morgan fingerprint density at radius 3 is 1.88 bits per heavy atom. The summed E-state index contributed by atoms with van der Waals surface area (Å²) in [5.41, 5.74) is 0.0569. The summed E-state index contributed by atoms with van der Waals surface area (Å²) in [4.78, 5) is 0. The van der Waals surface area contributed by atoms with Gasteiger partial charge in [-0.2, -0.15) is 0 Å². The van der Waals surface area contributed by atoms with E-state index in [1.807, 2.05) is 0 Å². The van der Waals surface area contributed by atoms with Crippen molar-refractivity contribution >= 4 is 0 Å². The van der Waals surface area contributed by atoms with E-state index in [0.29, 0.717) is 0 Å². The summed E-state index contributed by atoms with van der Waals surface area (Å²) >= 11 is 0. The highest BCUT2D eigenvalue weighted by Crippen LogP contribution is 2.25. The molecule has 0 heterocycles. The van der Waals surface area contributed by atoms with E-state index >= 15 is 0 Å². The van der Waals surface area contributed by atoms with E-state index in [9.17, 15) is 0 Å². The second-order valence-electron chi connectivity index (χ2n) is 4.81. The molecule has 0 atom stereocenters. The molecule has 0 spiro atoms. The lowest BCUT2D eigenvalue weighted by Crippen LogP contribution is -2.33. The Bertz CT molecular complexity index is 153. The summed E-state index contributed by atoms with van der Waals surface area (Å²) in [6.07, 6.45) is 7.96. The fourth-order valence-corrected chi connectivity index (χ4v) is 1.92. The molecule has 0 amide bonds. The van der Waals surface area contributed by atoms with Gasteiger partial charge in [0.15, 0.2) is 0 Å². The SMILES string of the molecule is CCCCOCCC(CC)(CC)OCCCC. The van der Waals surface area contributed by atoms with Gasteiger partial charge >= 0.3 is 0 Å². The van der Waals surface area contributed by atoms with Crippen LogP contribution in [-0.4, -0.2) is 25.4 Å². The highest BCUT2D eigenvalue weighted by Gasteiger charge is 2.26.